The largest absolute Gasteiger partial charge is 0.310 e. The molecule has 11 aromatic carbocycles. The molecule has 0 N–H and O–H groups in total. The zero-order valence-electron chi connectivity index (χ0n) is 38.2. The van der Waals surface area contributed by atoms with Gasteiger partial charge in [-0.2, -0.15) is 0 Å². The highest BCUT2D eigenvalue weighted by Gasteiger charge is 2.46. The van der Waals surface area contributed by atoms with Crippen LogP contribution in [-0.4, -0.2) is 4.57 Å². The Labute approximate surface area is 411 Å². The van der Waals surface area contributed by atoms with E-state index in [2.05, 4.69) is 276 Å². The van der Waals surface area contributed by atoms with E-state index in [1.807, 2.05) is 11.3 Å². The van der Waals surface area contributed by atoms with Gasteiger partial charge in [0.25, 0.3) is 0 Å². The molecule has 0 bridgehead atoms. The lowest BCUT2D eigenvalue weighted by molar-refractivity contribution is 0.770. The summed E-state index contributed by atoms with van der Waals surface area (Å²) in [7, 11) is 0. The average Bonchev–Trinajstić information content (AvgIpc) is 4.08. The van der Waals surface area contributed by atoms with Crippen molar-refractivity contribution in [3.05, 3.63) is 289 Å². The predicted octanol–water partition coefficient (Wildman–Crippen LogP) is 18.3. The van der Waals surface area contributed by atoms with E-state index in [4.69, 9.17) is 0 Å². The smallest absolute Gasteiger partial charge is 0.0713 e. The fourth-order valence-electron chi connectivity index (χ4n) is 11.5. The highest BCUT2D eigenvalue weighted by Crippen LogP contribution is 2.56. The van der Waals surface area contributed by atoms with Gasteiger partial charge in [0.15, 0.2) is 0 Å². The standard InChI is InChI=1S/C67H44N2S/c1-4-16-45(17-5-1)46-28-34-52(35-29-46)68(54-38-39-58-57-24-12-15-27-65(57)70-66(58)44-54)53-36-30-47(31-37-53)48-32-40-63-59(42-48)60-43-50(33-41-64(60)69(63)51-20-8-3-9-21-51)67(49-18-6-2-7-19-49)61-25-13-10-22-55(61)56-23-11-14-26-62(56)67/h1-44H. The maximum atomic E-state index is 2.49. The van der Waals surface area contributed by atoms with Crippen LogP contribution in [0.1, 0.15) is 22.3 Å². The molecule has 2 aromatic heterocycles. The number of rotatable bonds is 8. The van der Waals surface area contributed by atoms with Crippen molar-refractivity contribution in [3.63, 3.8) is 0 Å². The van der Waals surface area contributed by atoms with Crippen molar-refractivity contribution in [2.75, 3.05) is 4.90 Å². The van der Waals surface area contributed by atoms with E-state index in [1.165, 1.54) is 97.6 Å². The van der Waals surface area contributed by atoms with Crippen molar-refractivity contribution in [2.45, 2.75) is 5.41 Å². The second kappa shape index (κ2) is 16.2. The molecule has 0 saturated carbocycles. The Kier molecular flexibility index (Phi) is 9.33. The molecule has 1 aliphatic rings. The first-order valence-electron chi connectivity index (χ1n) is 24.1. The van der Waals surface area contributed by atoms with Crippen molar-refractivity contribution in [2.24, 2.45) is 0 Å². The summed E-state index contributed by atoms with van der Waals surface area (Å²) in [6, 6.07) is 98.6. The van der Waals surface area contributed by atoms with Crippen LogP contribution < -0.4 is 4.90 Å². The van der Waals surface area contributed by atoms with Crippen molar-refractivity contribution < 1.29 is 0 Å². The summed E-state index contributed by atoms with van der Waals surface area (Å²) >= 11 is 1.86. The molecule has 14 rings (SSSR count). The van der Waals surface area contributed by atoms with E-state index < -0.39 is 5.41 Å². The molecule has 0 atom stereocenters. The fraction of sp³-hybridized carbons (Fsp3) is 0.0149. The van der Waals surface area contributed by atoms with Gasteiger partial charge in [-0.15, -0.1) is 11.3 Å². The summed E-state index contributed by atoms with van der Waals surface area (Å²) < 4.78 is 5.02. The van der Waals surface area contributed by atoms with Gasteiger partial charge in [0, 0.05) is 53.7 Å². The highest BCUT2D eigenvalue weighted by atomic mass is 32.1. The maximum Gasteiger partial charge on any atom is 0.0713 e. The molecule has 0 spiro atoms. The third kappa shape index (κ3) is 6.25. The van der Waals surface area contributed by atoms with E-state index in [9.17, 15) is 0 Å². The SMILES string of the molecule is c1ccc(-c2ccc(N(c3ccc(-c4ccc5c(c4)c4cc(C6(c7ccccc7)c7ccccc7-c7ccccc76)ccc4n5-c4ccccc4)cc3)c3ccc4c(c3)sc3ccccc34)cc2)cc1. The summed E-state index contributed by atoms with van der Waals surface area (Å²) in [5.41, 5.74) is 18.9. The summed E-state index contributed by atoms with van der Waals surface area (Å²) in [5, 5.41) is 5.06. The number of nitrogens with zero attached hydrogens (tertiary/aromatic N) is 2. The normalized spacial score (nSPS) is 12.7. The van der Waals surface area contributed by atoms with Gasteiger partial charge in [0.2, 0.25) is 0 Å². The zero-order valence-corrected chi connectivity index (χ0v) is 39.0. The zero-order chi connectivity index (χ0) is 46.2. The highest BCUT2D eigenvalue weighted by molar-refractivity contribution is 7.25. The molecule has 2 heterocycles. The van der Waals surface area contributed by atoms with Gasteiger partial charge in [-0.3, -0.25) is 0 Å². The van der Waals surface area contributed by atoms with Gasteiger partial charge < -0.3 is 9.47 Å². The number of hydrogen-bond acceptors (Lipinski definition) is 2. The van der Waals surface area contributed by atoms with Crippen molar-refractivity contribution in [3.8, 4) is 39.1 Å². The molecule has 0 unspecified atom stereocenters. The topological polar surface area (TPSA) is 8.17 Å². The molecule has 0 amide bonds. The van der Waals surface area contributed by atoms with Gasteiger partial charge in [-0.05, 0) is 134 Å². The van der Waals surface area contributed by atoms with Crippen LogP contribution >= 0.6 is 11.3 Å². The number of aromatic nitrogens is 1. The van der Waals surface area contributed by atoms with E-state index in [-0.39, 0.29) is 0 Å². The lowest BCUT2D eigenvalue weighted by atomic mass is 9.67. The van der Waals surface area contributed by atoms with Gasteiger partial charge in [-0.25, -0.2) is 0 Å². The van der Waals surface area contributed by atoms with Gasteiger partial charge in [-0.1, -0.05) is 188 Å². The molecular weight excluding hydrogens is 865 g/mol. The molecule has 3 heteroatoms. The summed E-state index contributed by atoms with van der Waals surface area (Å²) in [6.45, 7) is 0. The van der Waals surface area contributed by atoms with E-state index in [0.717, 1.165) is 22.7 Å². The number of thiophene rings is 1. The van der Waals surface area contributed by atoms with Crippen LogP contribution in [0.5, 0.6) is 0 Å². The maximum absolute atomic E-state index is 2.49. The molecule has 0 aliphatic heterocycles. The number of hydrogen-bond donors (Lipinski definition) is 0. The first kappa shape index (κ1) is 40.3. The van der Waals surface area contributed by atoms with E-state index >= 15 is 0 Å². The quantitative estimate of drug-likeness (QED) is 0.147. The Morgan fingerprint density at radius 1 is 0.314 bits per heavy atom. The van der Waals surface area contributed by atoms with Crippen LogP contribution in [0.3, 0.4) is 0 Å². The van der Waals surface area contributed by atoms with Crippen LogP contribution in [0.2, 0.25) is 0 Å². The van der Waals surface area contributed by atoms with Crippen LogP contribution in [0.4, 0.5) is 17.1 Å². The van der Waals surface area contributed by atoms with Crippen LogP contribution in [-0.2, 0) is 5.41 Å². The number of fused-ring (bicyclic) bond motifs is 9. The Bertz CT molecular complexity index is 4050. The monoisotopic (exact) mass is 908 g/mol. The second-order valence-corrected chi connectivity index (χ2v) is 19.5. The minimum Gasteiger partial charge on any atom is -0.310 e. The average molecular weight is 909 g/mol. The lowest BCUT2D eigenvalue weighted by Gasteiger charge is -2.34. The lowest BCUT2D eigenvalue weighted by Crippen LogP contribution is -2.28. The molecule has 328 valence electrons. The Morgan fingerprint density at radius 2 is 0.814 bits per heavy atom. The summed E-state index contributed by atoms with van der Waals surface area (Å²) in [5.74, 6) is 0. The summed E-state index contributed by atoms with van der Waals surface area (Å²) in [4.78, 5) is 2.39. The van der Waals surface area contributed by atoms with Gasteiger partial charge >= 0.3 is 0 Å². The number of para-hydroxylation sites is 1. The van der Waals surface area contributed by atoms with Crippen LogP contribution in [0, 0.1) is 0 Å². The Hall–Kier alpha value is -8.76. The molecule has 13 aromatic rings. The minimum atomic E-state index is -0.494. The molecular formula is C67H44N2S. The fourth-order valence-corrected chi connectivity index (χ4v) is 12.7. The molecule has 70 heavy (non-hydrogen) atoms. The minimum absolute atomic E-state index is 0.494. The Morgan fingerprint density at radius 3 is 1.50 bits per heavy atom. The van der Waals surface area contributed by atoms with E-state index in [1.54, 1.807) is 0 Å². The van der Waals surface area contributed by atoms with E-state index in [0.29, 0.717) is 0 Å². The number of benzene rings is 11. The molecule has 0 saturated heterocycles. The molecule has 0 radical (unpaired) electrons. The summed E-state index contributed by atoms with van der Waals surface area (Å²) in [6.07, 6.45) is 0. The van der Waals surface area contributed by atoms with Crippen molar-refractivity contribution in [1.29, 1.82) is 0 Å². The number of anilines is 3. The molecule has 2 nitrogen and oxygen atoms in total. The first-order valence-corrected chi connectivity index (χ1v) is 24.9. The van der Waals surface area contributed by atoms with Crippen molar-refractivity contribution in [1.82, 2.24) is 4.57 Å². The third-order valence-electron chi connectivity index (χ3n) is 14.7. The first-order chi connectivity index (χ1) is 34.7. The van der Waals surface area contributed by atoms with Crippen LogP contribution in [0.25, 0.3) is 81.0 Å². The second-order valence-electron chi connectivity index (χ2n) is 18.4. The van der Waals surface area contributed by atoms with Crippen molar-refractivity contribution >= 4 is 70.4 Å². The van der Waals surface area contributed by atoms with Gasteiger partial charge in [0.1, 0.15) is 0 Å². The van der Waals surface area contributed by atoms with Crippen LogP contribution in [0.15, 0.2) is 267 Å². The van der Waals surface area contributed by atoms with Gasteiger partial charge in [0.05, 0.1) is 16.4 Å². The molecule has 1 aliphatic carbocycles. The Balaban J connectivity index is 0.921. The predicted molar refractivity (Wildman–Crippen MR) is 297 cm³/mol. The third-order valence-corrected chi connectivity index (χ3v) is 15.8. The molecule has 0 fully saturated rings.